The van der Waals surface area contributed by atoms with Gasteiger partial charge in [0.25, 0.3) is 0 Å². The largest absolute Gasteiger partial charge is 0.369 e. The maximum Gasteiger partial charge on any atom is 0.194 e. The van der Waals surface area contributed by atoms with Crippen molar-refractivity contribution >= 4 is 22.2 Å². The minimum absolute atomic E-state index is 0.140. The van der Waals surface area contributed by atoms with Crippen LogP contribution in [-0.4, -0.2) is 43.9 Å². The Bertz CT molecular complexity index is 1000. The monoisotopic (exact) mass is 328 g/mol. The van der Waals surface area contributed by atoms with Gasteiger partial charge in [0.05, 0.1) is 0 Å². The second kappa shape index (κ2) is 5.43. The number of likely N-dealkylation sites (N-methyl/N-ethyl adjacent to an activating group) is 1. The lowest BCUT2D eigenvalue weighted by atomic mass is 9.82. The van der Waals surface area contributed by atoms with Crippen LogP contribution in [0.15, 0.2) is 54.6 Å². The molecule has 1 aliphatic heterocycles. The first kappa shape index (κ1) is 14.7. The first-order valence-electron chi connectivity index (χ1n) is 8.87. The molecule has 2 aliphatic rings. The molecule has 3 heteroatoms. The molecule has 1 aliphatic carbocycles. The average Bonchev–Trinajstić information content (AvgIpc) is 2.66. The van der Waals surface area contributed by atoms with Gasteiger partial charge in [-0.05, 0) is 35.7 Å². The highest BCUT2D eigenvalue weighted by Crippen LogP contribution is 2.41. The summed E-state index contributed by atoms with van der Waals surface area (Å²) in [6.07, 6.45) is 0. The van der Waals surface area contributed by atoms with Crippen LogP contribution in [0, 0.1) is 0 Å². The van der Waals surface area contributed by atoms with E-state index in [0.29, 0.717) is 0 Å². The minimum atomic E-state index is 0.140. The van der Waals surface area contributed by atoms with Crippen LogP contribution in [0.3, 0.4) is 0 Å². The van der Waals surface area contributed by atoms with Crippen molar-refractivity contribution in [2.45, 2.75) is 0 Å². The zero-order valence-corrected chi connectivity index (χ0v) is 14.3. The molecule has 0 saturated carbocycles. The highest BCUT2D eigenvalue weighted by molar-refractivity contribution is 6.26. The molecule has 0 spiro atoms. The molecule has 124 valence electrons. The fourth-order valence-electron chi connectivity index (χ4n) is 4.12. The van der Waals surface area contributed by atoms with Crippen molar-refractivity contribution in [2.24, 2.45) is 0 Å². The van der Waals surface area contributed by atoms with Gasteiger partial charge in [-0.25, -0.2) is 0 Å². The number of carbonyl (C=O) groups excluding carboxylic acids is 1. The van der Waals surface area contributed by atoms with Gasteiger partial charge in [-0.1, -0.05) is 42.5 Å². The standard InChI is InChI=1S/C22H20N2O/c1-23-9-11-24(12-10-23)16-13-15-5-4-8-19-21(15)20(14-16)17-6-2-3-7-18(17)22(19)25/h2-8,13-14H,9-12H2,1H3. The van der Waals surface area contributed by atoms with Crippen LogP contribution in [0.5, 0.6) is 0 Å². The van der Waals surface area contributed by atoms with E-state index in [9.17, 15) is 4.79 Å². The average molecular weight is 328 g/mol. The minimum Gasteiger partial charge on any atom is -0.369 e. The molecule has 3 aromatic rings. The fourth-order valence-corrected chi connectivity index (χ4v) is 4.12. The van der Waals surface area contributed by atoms with Gasteiger partial charge in [-0.15, -0.1) is 0 Å². The Morgan fingerprint density at radius 2 is 1.48 bits per heavy atom. The van der Waals surface area contributed by atoms with Crippen molar-refractivity contribution < 1.29 is 4.79 Å². The molecule has 3 aromatic carbocycles. The van der Waals surface area contributed by atoms with Crippen LogP contribution in [0.25, 0.3) is 21.9 Å². The quantitative estimate of drug-likeness (QED) is 0.531. The molecule has 1 saturated heterocycles. The summed E-state index contributed by atoms with van der Waals surface area (Å²) in [5.41, 5.74) is 5.16. The summed E-state index contributed by atoms with van der Waals surface area (Å²) >= 11 is 0. The van der Waals surface area contributed by atoms with Crippen molar-refractivity contribution in [2.75, 3.05) is 38.1 Å². The zero-order valence-electron chi connectivity index (χ0n) is 14.3. The third-order valence-electron chi connectivity index (χ3n) is 5.54. The van der Waals surface area contributed by atoms with Gasteiger partial charge >= 0.3 is 0 Å². The van der Waals surface area contributed by atoms with Crippen molar-refractivity contribution in [3.05, 3.63) is 65.7 Å². The van der Waals surface area contributed by atoms with E-state index in [0.717, 1.165) is 53.6 Å². The predicted molar refractivity (Wildman–Crippen MR) is 103 cm³/mol. The van der Waals surface area contributed by atoms with Gasteiger partial charge in [0.15, 0.2) is 5.78 Å². The number of fused-ring (bicyclic) bond motifs is 2. The maximum absolute atomic E-state index is 12.9. The van der Waals surface area contributed by atoms with E-state index in [1.807, 2.05) is 30.3 Å². The molecular weight excluding hydrogens is 308 g/mol. The van der Waals surface area contributed by atoms with Crippen molar-refractivity contribution in [1.29, 1.82) is 0 Å². The molecule has 0 atom stereocenters. The number of hydrogen-bond acceptors (Lipinski definition) is 3. The number of ketones is 1. The molecule has 5 rings (SSSR count). The first-order valence-corrected chi connectivity index (χ1v) is 8.87. The highest BCUT2D eigenvalue weighted by atomic mass is 16.1. The lowest BCUT2D eigenvalue weighted by molar-refractivity contribution is 0.104. The van der Waals surface area contributed by atoms with Crippen LogP contribution >= 0.6 is 0 Å². The molecule has 0 radical (unpaired) electrons. The van der Waals surface area contributed by atoms with Crippen molar-refractivity contribution in [1.82, 2.24) is 4.90 Å². The number of rotatable bonds is 1. The predicted octanol–water partition coefficient (Wildman–Crippen LogP) is 3.80. The van der Waals surface area contributed by atoms with E-state index in [4.69, 9.17) is 0 Å². The number of nitrogens with zero attached hydrogens (tertiary/aromatic N) is 2. The van der Waals surface area contributed by atoms with Gasteiger partial charge in [0.1, 0.15) is 0 Å². The number of piperazine rings is 1. The number of anilines is 1. The van der Waals surface area contributed by atoms with E-state index >= 15 is 0 Å². The van der Waals surface area contributed by atoms with Crippen molar-refractivity contribution in [3.8, 4) is 11.1 Å². The molecule has 0 N–H and O–H groups in total. The Morgan fingerprint density at radius 1 is 0.760 bits per heavy atom. The second-order valence-electron chi connectivity index (χ2n) is 7.06. The summed E-state index contributed by atoms with van der Waals surface area (Å²) in [6, 6.07) is 18.6. The van der Waals surface area contributed by atoms with Crippen LogP contribution < -0.4 is 4.90 Å². The van der Waals surface area contributed by atoms with Gasteiger partial charge in [0.2, 0.25) is 0 Å². The fraction of sp³-hybridized carbons (Fsp3) is 0.227. The SMILES string of the molecule is CN1CCN(c2cc3c4c(cccc4c2)C(=O)c2ccccc2-3)CC1. The third-order valence-corrected chi connectivity index (χ3v) is 5.54. The summed E-state index contributed by atoms with van der Waals surface area (Å²) in [6.45, 7) is 4.26. The van der Waals surface area contributed by atoms with E-state index in [1.165, 1.54) is 11.3 Å². The number of carbonyl (C=O) groups is 1. The molecule has 0 bridgehead atoms. The van der Waals surface area contributed by atoms with Gasteiger partial charge in [-0.3, -0.25) is 4.79 Å². The van der Waals surface area contributed by atoms with Crippen LogP contribution in [0.1, 0.15) is 15.9 Å². The summed E-state index contributed by atoms with van der Waals surface area (Å²) in [7, 11) is 2.18. The zero-order chi connectivity index (χ0) is 17.0. The van der Waals surface area contributed by atoms with E-state index in [2.05, 4.69) is 41.1 Å². The molecule has 0 aromatic heterocycles. The Kier molecular flexibility index (Phi) is 3.19. The van der Waals surface area contributed by atoms with E-state index < -0.39 is 0 Å². The molecule has 25 heavy (non-hydrogen) atoms. The van der Waals surface area contributed by atoms with Crippen LogP contribution in [0.2, 0.25) is 0 Å². The Morgan fingerprint density at radius 3 is 2.28 bits per heavy atom. The molecule has 3 nitrogen and oxygen atoms in total. The molecule has 0 unspecified atom stereocenters. The summed E-state index contributed by atoms with van der Waals surface area (Å²) in [5, 5.41) is 2.26. The highest BCUT2D eigenvalue weighted by Gasteiger charge is 2.26. The molecule has 1 fully saturated rings. The van der Waals surface area contributed by atoms with Gasteiger partial charge < -0.3 is 9.80 Å². The maximum atomic E-state index is 12.9. The van der Waals surface area contributed by atoms with E-state index in [-0.39, 0.29) is 5.78 Å². The lowest BCUT2D eigenvalue weighted by Crippen LogP contribution is -2.44. The Labute approximate surface area is 147 Å². The number of hydrogen-bond donors (Lipinski definition) is 0. The van der Waals surface area contributed by atoms with Gasteiger partial charge in [0, 0.05) is 48.4 Å². The summed E-state index contributed by atoms with van der Waals surface area (Å²) in [4.78, 5) is 17.7. The van der Waals surface area contributed by atoms with Crippen LogP contribution in [0.4, 0.5) is 5.69 Å². The smallest absolute Gasteiger partial charge is 0.194 e. The summed E-state index contributed by atoms with van der Waals surface area (Å²) in [5.74, 6) is 0.140. The normalized spacial score (nSPS) is 17.0. The first-order chi connectivity index (χ1) is 12.2. The Balaban J connectivity index is 1.75. The second-order valence-corrected chi connectivity index (χ2v) is 7.06. The van der Waals surface area contributed by atoms with Gasteiger partial charge in [-0.2, -0.15) is 0 Å². The lowest BCUT2D eigenvalue weighted by Gasteiger charge is -2.35. The Hall–Kier alpha value is -2.65. The third kappa shape index (κ3) is 2.19. The van der Waals surface area contributed by atoms with Crippen molar-refractivity contribution in [3.63, 3.8) is 0 Å². The molecule has 1 heterocycles. The molecule has 0 amide bonds. The van der Waals surface area contributed by atoms with E-state index in [1.54, 1.807) is 0 Å². The molecular formula is C22H20N2O. The number of benzene rings is 3. The topological polar surface area (TPSA) is 23.6 Å². The summed E-state index contributed by atoms with van der Waals surface area (Å²) < 4.78 is 0. The van der Waals surface area contributed by atoms with Crippen LogP contribution in [-0.2, 0) is 0 Å².